The quantitative estimate of drug-likeness (QED) is 0.928. The number of rotatable bonds is 3. The van der Waals surface area contributed by atoms with E-state index in [9.17, 15) is 4.39 Å². The highest BCUT2D eigenvalue weighted by Crippen LogP contribution is 2.42. The van der Waals surface area contributed by atoms with Crippen LogP contribution in [0.1, 0.15) is 31.6 Å². The van der Waals surface area contributed by atoms with Crippen molar-refractivity contribution in [2.24, 2.45) is 0 Å². The average Bonchev–Trinajstić information content (AvgIpc) is 3.15. The molecule has 2 N–H and O–H groups in total. The maximum Gasteiger partial charge on any atom is 0.134 e. The molecular weight excluding hydrogens is 265 g/mol. The van der Waals surface area contributed by atoms with Gasteiger partial charge in [0.15, 0.2) is 0 Å². The van der Waals surface area contributed by atoms with Gasteiger partial charge in [0, 0.05) is 12.5 Å². The molecule has 1 fully saturated rings. The van der Waals surface area contributed by atoms with Crippen molar-refractivity contribution in [3.8, 4) is 11.3 Å². The third kappa shape index (κ3) is 2.00. The standard InChI is InChI=1S/C14H15ClFN3/c1-2-11-18-13(14(17)19(11)8-6-7-8)12-9(15)4-3-5-10(12)16/h3-5,8H,2,6-7,17H2,1H3. The number of benzene rings is 1. The molecule has 0 saturated heterocycles. The minimum Gasteiger partial charge on any atom is -0.383 e. The van der Waals surface area contributed by atoms with Gasteiger partial charge in [-0.05, 0) is 25.0 Å². The summed E-state index contributed by atoms with van der Waals surface area (Å²) in [7, 11) is 0. The van der Waals surface area contributed by atoms with E-state index < -0.39 is 0 Å². The summed E-state index contributed by atoms with van der Waals surface area (Å²) in [6, 6.07) is 5.03. The Balaban J connectivity index is 2.20. The van der Waals surface area contributed by atoms with Crippen molar-refractivity contribution in [2.75, 3.05) is 5.73 Å². The van der Waals surface area contributed by atoms with E-state index in [0.29, 0.717) is 28.1 Å². The summed E-state index contributed by atoms with van der Waals surface area (Å²) in [6.07, 6.45) is 2.99. The van der Waals surface area contributed by atoms with Gasteiger partial charge in [0.25, 0.3) is 0 Å². The molecule has 1 aliphatic carbocycles. The third-order valence-electron chi connectivity index (χ3n) is 3.45. The number of anilines is 1. The monoisotopic (exact) mass is 279 g/mol. The molecule has 19 heavy (non-hydrogen) atoms. The van der Waals surface area contributed by atoms with Gasteiger partial charge in [0.1, 0.15) is 23.2 Å². The number of nitrogen functional groups attached to an aromatic ring is 1. The first-order chi connectivity index (χ1) is 9.13. The van der Waals surface area contributed by atoms with Gasteiger partial charge in [-0.15, -0.1) is 0 Å². The predicted octanol–water partition coefficient (Wildman–Crippen LogP) is 3.82. The largest absolute Gasteiger partial charge is 0.383 e. The molecule has 0 aliphatic heterocycles. The van der Waals surface area contributed by atoms with Crippen molar-refractivity contribution in [3.05, 3.63) is 34.9 Å². The second-order valence-corrected chi connectivity index (χ2v) is 5.22. The highest BCUT2D eigenvalue weighted by atomic mass is 35.5. The molecule has 0 bridgehead atoms. The van der Waals surface area contributed by atoms with Crippen molar-refractivity contribution in [1.82, 2.24) is 9.55 Å². The van der Waals surface area contributed by atoms with Gasteiger partial charge in [0.2, 0.25) is 0 Å². The summed E-state index contributed by atoms with van der Waals surface area (Å²) >= 11 is 6.09. The van der Waals surface area contributed by atoms with E-state index in [1.165, 1.54) is 6.07 Å². The van der Waals surface area contributed by atoms with Crippen molar-refractivity contribution in [3.63, 3.8) is 0 Å². The second-order valence-electron chi connectivity index (χ2n) is 4.81. The summed E-state index contributed by atoms with van der Waals surface area (Å²) in [4.78, 5) is 4.49. The zero-order valence-corrected chi connectivity index (χ0v) is 11.4. The molecule has 5 heteroatoms. The van der Waals surface area contributed by atoms with Gasteiger partial charge < -0.3 is 10.3 Å². The second kappa shape index (κ2) is 4.53. The average molecular weight is 280 g/mol. The topological polar surface area (TPSA) is 43.8 Å². The van der Waals surface area contributed by atoms with Crippen LogP contribution in [0.3, 0.4) is 0 Å². The van der Waals surface area contributed by atoms with Crippen LogP contribution in [0.5, 0.6) is 0 Å². The Bertz CT molecular complexity index is 612. The van der Waals surface area contributed by atoms with Crippen molar-refractivity contribution in [1.29, 1.82) is 0 Å². The van der Waals surface area contributed by atoms with Crippen LogP contribution in [0.25, 0.3) is 11.3 Å². The maximum absolute atomic E-state index is 14.0. The number of halogens is 2. The van der Waals surface area contributed by atoms with E-state index in [0.717, 1.165) is 25.1 Å². The molecule has 3 rings (SSSR count). The van der Waals surface area contributed by atoms with Crippen LogP contribution >= 0.6 is 11.6 Å². The molecule has 0 radical (unpaired) electrons. The van der Waals surface area contributed by atoms with Gasteiger partial charge in [-0.25, -0.2) is 9.37 Å². The minimum atomic E-state index is -0.387. The smallest absolute Gasteiger partial charge is 0.134 e. The molecule has 2 aromatic rings. The first kappa shape index (κ1) is 12.5. The Hall–Kier alpha value is -1.55. The molecular formula is C14H15ClFN3. The SMILES string of the molecule is CCc1nc(-c2c(F)cccc2Cl)c(N)n1C1CC1. The molecule has 0 amide bonds. The molecule has 1 saturated carbocycles. The van der Waals surface area contributed by atoms with E-state index >= 15 is 0 Å². The van der Waals surface area contributed by atoms with E-state index in [2.05, 4.69) is 4.98 Å². The summed E-state index contributed by atoms with van der Waals surface area (Å²) in [5, 5.41) is 0.342. The predicted molar refractivity (Wildman–Crippen MR) is 74.7 cm³/mol. The molecule has 0 spiro atoms. The Labute approximate surface area is 116 Å². The number of hydrogen-bond donors (Lipinski definition) is 1. The van der Waals surface area contributed by atoms with E-state index in [1.807, 2.05) is 11.5 Å². The highest BCUT2D eigenvalue weighted by Gasteiger charge is 2.30. The number of aromatic nitrogens is 2. The highest BCUT2D eigenvalue weighted by molar-refractivity contribution is 6.33. The van der Waals surface area contributed by atoms with Crippen LogP contribution < -0.4 is 5.73 Å². The summed E-state index contributed by atoms with van der Waals surface area (Å²) in [5.74, 6) is 1.03. The van der Waals surface area contributed by atoms with Crippen molar-refractivity contribution < 1.29 is 4.39 Å². The molecule has 1 aromatic heterocycles. The van der Waals surface area contributed by atoms with Crippen LogP contribution in [-0.4, -0.2) is 9.55 Å². The molecule has 1 heterocycles. The van der Waals surface area contributed by atoms with Crippen molar-refractivity contribution in [2.45, 2.75) is 32.2 Å². The van der Waals surface area contributed by atoms with Gasteiger partial charge in [-0.2, -0.15) is 0 Å². The van der Waals surface area contributed by atoms with Crippen LogP contribution in [0.2, 0.25) is 5.02 Å². The molecule has 1 aromatic carbocycles. The summed E-state index contributed by atoms with van der Waals surface area (Å²) < 4.78 is 16.0. The lowest BCUT2D eigenvalue weighted by atomic mass is 10.1. The maximum atomic E-state index is 14.0. The number of aryl methyl sites for hydroxylation is 1. The van der Waals surface area contributed by atoms with Crippen LogP contribution in [0.15, 0.2) is 18.2 Å². The molecule has 0 unspecified atom stereocenters. The lowest BCUT2D eigenvalue weighted by Crippen LogP contribution is -2.04. The van der Waals surface area contributed by atoms with E-state index in [1.54, 1.807) is 12.1 Å². The number of nitrogens with two attached hydrogens (primary N) is 1. The zero-order chi connectivity index (χ0) is 13.6. The number of nitrogens with zero attached hydrogens (tertiary/aromatic N) is 2. The van der Waals surface area contributed by atoms with Gasteiger partial charge in [-0.3, -0.25) is 0 Å². The summed E-state index contributed by atoms with van der Waals surface area (Å²) in [5.41, 5.74) is 6.93. The van der Waals surface area contributed by atoms with Gasteiger partial charge in [0.05, 0.1) is 10.6 Å². The fourth-order valence-corrected chi connectivity index (χ4v) is 2.64. The molecule has 100 valence electrons. The Morgan fingerprint density at radius 2 is 2.21 bits per heavy atom. The fraction of sp³-hybridized carbons (Fsp3) is 0.357. The molecule has 0 atom stereocenters. The van der Waals surface area contributed by atoms with E-state index in [-0.39, 0.29) is 5.82 Å². The zero-order valence-electron chi connectivity index (χ0n) is 10.7. The lowest BCUT2D eigenvalue weighted by Gasteiger charge is -2.07. The molecule has 3 nitrogen and oxygen atoms in total. The fourth-order valence-electron chi connectivity index (χ4n) is 2.39. The van der Waals surface area contributed by atoms with E-state index in [4.69, 9.17) is 17.3 Å². The Morgan fingerprint density at radius 3 is 2.79 bits per heavy atom. The Morgan fingerprint density at radius 1 is 1.47 bits per heavy atom. The van der Waals surface area contributed by atoms with Crippen LogP contribution in [0, 0.1) is 5.82 Å². The number of imidazole rings is 1. The minimum absolute atomic E-state index is 0.302. The van der Waals surface area contributed by atoms with Gasteiger partial charge in [-0.1, -0.05) is 24.6 Å². The van der Waals surface area contributed by atoms with Crippen LogP contribution in [0.4, 0.5) is 10.2 Å². The molecule has 1 aliphatic rings. The lowest BCUT2D eigenvalue weighted by molar-refractivity contribution is 0.631. The first-order valence-corrected chi connectivity index (χ1v) is 6.82. The third-order valence-corrected chi connectivity index (χ3v) is 3.76. The van der Waals surface area contributed by atoms with Crippen LogP contribution in [-0.2, 0) is 6.42 Å². The Kier molecular flexibility index (Phi) is 2.97. The number of hydrogen-bond acceptors (Lipinski definition) is 2. The summed E-state index contributed by atoms with van der Waals surface area (Å²) in [6.45, 7) is 2.02. The normalized spacial score (nSPS) is 14.9. The van der Waals surface area contributed by atoms with Crippen molar-refractivity contribution >= 4 is 17.4 Å². The van der Waals surface area contributed by atoms with Gasteiger partial charge >= 0.3 is 0 Å². The first-order valence-electron chi connectivity index (χ1n) is 6.44.